The van der Waals surface area contributed by atoms with Crippen molar-refractivity contribution in [2.75, 3.05) is 7.11 Å². The highest BCUT2D eigenvalue weighted by atomic mass is 35.5. The first-order valence-corrected chi connectivity index (χ1v) is 7.30. The first-order chi connectivity index (χ1) is 10.7. The van der Waals surface area contributed by atoms with E-state index < -0.39 is 23.7 Å². The van der Waals surface area contributed by atoms with Crippen molar-refractivity contribution in [2.45, 2.75) is 38.8 Å². The van der Waals surface area contributed by atoms with Crippen molar-refractivity contribution in [2.24, 2.45) is 0 Å². The normalized spacial score (nSPS) is 12.0. The Labute approximate surface area is 140 Å². The highest BCUT2D eigenvalue weighted by molar-refractivity contribution is 6.31. The van der Waals surface area contributed by atoms with Crippen molar-refractivity contribution in [3.63, 3.8) is 0 Å². The van der Waals surface area contributed by atoms with E-state index in [1.165, 1.54) is 7.11 Å². The number of carbonyl (C=O) groups is 2. The van der Waals surface area contributed by atoms with Crippen LogP contribution in [0.3, 0.4) is 0 Å². The third-order valence-electron chi connectivity index (χ3n) is 2.78. The molecule has 0 saturated heterocycles. The van der Waals surface area contributed by atoms with Crippen LogP contribution in [0.4, 0.5) is 4.79 Å². The molecule has 124 valence electrons. The van der Waals surface area contributed by atoms with Crippen LogP contribution in [0.25, 0.3) is 0 Å². The molecule has 0 heterocycles. The van der Waals surface area contributed by atoms with E-state index in [9.17, 15) is 9.59 Å². The van der Waals surface area contributed by atoms with E-state index in [1.54, 1.807) is 39.0 Å². The fraction of sp³-hybridized carbons (Fsp3) is 0.438. The van der Waals surface area contributed by atoms with Gasteiger partial charge in [0.05, 0.1) is 18.7 Å². The molecule has 23 heavy (non-hydrogen) atoms. The van der Waals surface area contributed by atoms with Crippen LogP contribution in [0, 0.1) is 11.3 Å². The summed E-state index contributed by atoms with van der Waals surface area (Å²) in [6.45, 7) is 5.15. The SMILES string of the molecule is COC(=O)C(Cc1cc(C#N)ccc1Cl)NC(=O)OC(C)(C)C. The molecule has 0 bridgehead atoms. The maximum absolute atomic E-state index is 11.9. The number of nitrogens with zero attached hydrogens (tertiary/aromatic N) is 1. The maximum atomic E-state index is 11.9. The number of rotatable bonds is 4. The van der Waals surface area contributed by atoms with Gasteiger partial charge in [-0.2, -0.15) is 5.26 Å². The molecule has 1 aromatic carbocycles. The van der Waals surface area contributed by atoms with Gasteiger partial charge in [-0.1, -0.05) is 11.6 Å². The predicted molar refractivity (Wildman–Crippen MR) is 85.0 cm³/mol. The van der Waals surface area contributed by atoms with E-state index in [-0.39, 0.29) is 6.42 Å². The fourth-order valence-corrected chi connectivity index (χ4v) is 2.00. The van der Waals surface area contributed by atoms with Crippen LogP contribution in [0.15, 0.2) is 18.2 Å². The van der Waals surface area contributed by atoms with Crippen LogP contribution in [-0.4, -0.2) is 30.8 Å². The predicted octanol–water partition coefficient (Wildman–Crippen LogP) is 2.82. The number of nitriles is 1. The Kier molecular flexibility index (Phi) is 6.40. The maximum Gasteiger partial charge on any atom is 0.408 e. The van der Waals surface area contributed by atoms with Crippen molar-refractivity contribution in [3.05, 3.63) is 34.3 Å². The van der Waals surface area contributed by atoms with Crippen LogP contribution < -0.4 is 5.32 Å². The summed E-state index contributed by atoms with van der Waals surface area (Å²) < 4.78 is 9.83. The van der Waals surface area contributed by atoms with Crippen molar-refractivity contribution in [3.8, 4) is 6.07 Å². The molecular weight excluding hydrogens is 320 g/mol. The van der Waals surface area contributed by atoms with Gasteiger partial charge in [0.15, 0.2) is 0 Å². The number of hydrogen-bond acceptors (Lipinski definition) is 5. The highest BCUT2D eigenvalue weighted by Crippen LogP contribution is 2.19. The van der Waals surface area contributed by atoms with Gasteiger partial charge in [-0.15, -0.1) is 0 Å². The van der Waals surface area contributed by atoms with E-state index in [0.29, 0.717) is 16.1 Å². The molecule has 7 heteroatoms. The first kappa shape index (κ1) is 18.8. The molecule has 0 aliphatic heterocycles. The van der Waals surface area contributed by atoms with Gasteiger partial charge in [0, 0.05) is 11.4 Å². The average molecular weight is 339 g/mol. The monoisotopic (exact) mass is 338 g/mol. The van der Waals surface area contributed by atoms with Crippen molar-refractivity contribution < 1.29 is 19.1 Å². The van der Waals surface area contributed by atoms with Crippen molar-refractivity contribution in [1.82, 2.24) is 5.32 Å². The average Bonchev–Trinajstić information content (AvgIpc) is 2.45. The van der Waals surface area contributed by atoms with Gasteiger partial charge < -0.3 is 14.8 Å². The Morgan fingerprint density at radius 2 is 2.04 bits per heavy atom. The zero-order valence-corrected chi connectivity index (χ0v) is 14.2. The van der Waals surface area contributed by atoms with Gasteiger partial charge in [0.25, 0.3) is 0 Å². The summed E-state index contributed by atoms with van der Waals surface area (Å²) in [5.41, 5.74) is 0.269. The number of amides is 1. The Balaban J connectivity index is 2.94. The molecule has 0 spiro atoms. The van der Waals surface area contributed by atoms with Gasteiger partial charge in [-0.05, 0) is 44.5 Å². The molecule has 1 aromatic rings. The molecule has 1 atom stereocenters. The minimum atomic E-state index is -0.971. The quantitative estimate of drug-likeness (QED) is 0.853. The Morgan fingerprint density at radius 1 is 1.39 bits per heavy atom. The molecule has 1 unspecified atom stereocenters. The largest absolute Gasteiger partial charge is 0.467 e. The molecule has 0 aliphatic rings. The van der Waals surface area contributed by atoms with Crippen LogP contribution in [0.1, 0.15) is 31.9 Å². The zero-order valence-electron chi connectivity index (χ0n) is 13.5. The second-order valence-electron chi connectivity index (χ2n) is 5.84. The topological polar surface area (TPSA) is 88.4 Å². The third kappa shape index (κ3) is 6.17. The summed E-state index contributed by atoms with van der Waals surface area (Å²) in [6, 6.07) is 5.73. The van der Waals surface area contributed by atoms with E-state index >= 15 is 0 Å². The number of methoxy groups -OCH3 is 1. The Hall–Kier alpha value is -2.26. The van der Waals surface area contributed by atoms with E-state index in [4.69, 9.17) is 26.3 Å². The van der Waals surface area contributed by atoms with Gasteiger partial charge in [-0.3, -0.25) is 0 Å². The molecule has 1 N–H and O–H groups in total. The van der Waals surface area contributed by atoms with Crippen LogP contribution >= 0.6 is 11.6 Å². The number of esters is 1. The minimum Gasteiger partial charge on any atom is -0.467 e. The molecule has 0 aromatic heterocycles. The number of ether oxygens (including phenoxy) is 2. The molecule has 0 aliphatic carbocycles. The lowest BCUT2D eigenvalue weighted by atomic mass is 10.0. The van der Waals surface area contributed by atoms with E-state index in [1.807, 2.05) is 6.07 Å². The van der Waals surface area contributed by atoms with Crippen LogP contribution in [0.5, 0.6) is 0 Å². The van der Waals surface area contributed by atoms with E-state index in [0.717, 1.165) is 0 Å². The number of hydrogen-bond donors (Lipinski definition) is 1. The summed E-state index contributed by atoms with van der Waals surface area (Å²) in [4.78, 5) is 23.7. The summed E-state index contributed by atoms with van der Waals surface area (Å²) in [5.74, 6) is -0.630. The smallest absolute Gasteiger partial charge is 0.408 e. The number of nitrogens with one attached hydrogen (secondary N) is 1. The molecular formula is C16H19ClN2O4. The third-order valence-corrected chi connectivity index (χ3v) is 3.14. The van der Waals surface area contributed by atoms with Crippen LogP contribution in [0.2, 0.25) is 5.02 Å². The molecule has 0 fully saturated rings. The molecule has 1 rings (SSSR count). The van der Waals surface area contributed by atoms with Crippen LogP contribution in [-0.2, 0) is 20.7 Å². The van der Waals surface area contributed by atoms with Gasteiger partial charge in [-0.25, -0.2) is 9.59 Å². The summed E-state index contributed by atoms with van der Waals surface area (Å²) >= 11 is 6.08. The lowest BCUT2D eigenvalue weighted by Gasteiger charge is -2.22. The number of carbonyl (C=O) groups excluding carboxylic acids is 2. The van der Waals surface area contributed by atoms with Gasteiger partial charge in [0.1, 0.15) is 11.6 Å². The molecule has 6 nitrogen and oxygen atoms in total. The fourth-order valence-electron chi connectivity index (χ4n) is 1.81. The summed E-state index contributed by atoms with van der Waals surface area (Å²) in [7, 11) is 1.22. The zero-order chi connectivity index (χ0) is 17.6. The van der Waals surface area contributed by atoms with Crippen molar-refractivity contribution in [1.29, 1.82) is 5.26 Å². The van der Waals surface area contributed by atoms with Gasteiger partial charge in [0.2, 0.25) is 0 Å². The minimum absolute atomic E-state index is 0.0836. The molecule has 0 saturated carbocycles. The lowest BCUT2D eigenvalue weighted by Crippen LogP contribution is -2.45. The Bertz CT molecular complexity index is 632. The first-order valence-electron chi connectivity index (χ1n) is 6.92. The molecule has 1 amide bonds. The number of benzene rings is 1. The summed E-state index contributed by atoms with van der Waals surface area (Å²) in [5, 5.41) is 11.8. The second-order valence-corrected chi connectivity index (χ2v) is 6.25. The number of alkyl carbamates (subject to hydrolysis) is 1. The molecule has 0 radical (unpaired) electrons. The van der Waals surface area contributed by atoms with E-state index in [2.05, 4.69) is 5.32 Å². The number of halogens is 1. The Morgan fingerprint density at radius 3 is 2.57 bits per heavy atom. The standard InChI is InChI=1S/C16H19ClN2O4/c1-16(2,3)23-15(21)19-13(14(20)22-4)8-11-7-10(9-18)5-6-12(11)17/h5-7,13H,8H2,1-4H3,(H,19,21). The lowest BCUT2D eigenvalue weighted by molar-refractivity contribution is -0.143. The summed E-state index contributed by atoms with van der Waals surface area (Å²) in [6.07, 6.45) is -0.652. The highest BCUT2D eigenvalue weighted by Gasteiger charge is 2.26. The van der Waals surface area contributed by atoms with Gasteiger partial charge >= 0.3 is 12.1 Å². The second kappa shape index (κ2) is 7.84. The van der Waals surface area contributed by atoms with Crippen molar-refractivity contribution >= 4 is 23.7 Å².